The molecule has 0 unspecified atom stereocenters. The summed E-state index contributed by atoms with van der Waals surface area (Å²) in [6.45, 7) is 0.252. The van der Waals surface area contributed by atoms with E-state index in [1.54, 1.807) is 12.1 Å². The van der Waals surface area contributed by atoms with Crippen LogP contribution in [-0.4, -0.2) is 22.8 Å². The minimum atomic E-state index is -0.824. The van der Waals surface area contributed by atoms with Crippen molar-refractivity contribution < 1.29 is 14.7 Å². The molecule has 0 spiro atoms. The molecule has 0 aromatic heterocycles. The highest BCUT2D eigenvalue weighted by Gasteiger charge is 2.40. The summed E-state index contributed by atoms with van der Waals surface area (Å²) in [5, 5.41) is 10.6. The van der Waals surface area contributed by atoms with E-state index in [0.29, 0.717) is 21.8 Å². The van der Waals surface area contributed by atoms with Crippen LogP contribution in [0.3, 0.4) is 0 Å². The van der Waals surface area contributed by atoms with Gasteiger partial charge in [-0.1, -0.05) is 23.7 Å². The van der Waals surface area contributed by atoms with Crippen LogP contribution in [0, 0.1) is 5.92 Å². The van der Waals surface area contributed by atoms with Crippen LogP contribution in [0.15, 0.2) is 48.5 Å². The van der Waals surface area contributed by atoms with Crippen molar-refractivity contribution >= 4 is 17.6 Å². The Morgan fingerprint density at radius 1 is 1.26 bits per heavy atom. The molecule has 0 saturated heterocycles. The zero-order chi connectivity index (χ0) is 16.4. The first kappa shape index (κ1) is 15.6. The van der Waals surface area contributed by atoms with E-state index in [0.717, 1.165) is 17.7 Å². The fourth-order valence-corrected chi connectivity index (χ4v) is 2.74. The van der Waals surface area contributed by atoms with Gasteiger partial charge in [-0.2, -0.15) is 0 Å². The number of ether oxygens (including phenoxy) is 1. The first-order chi connectivity index (χ1) is 11.0. The molecule has 3 rings (SSSR count). The normalized spacial score (nSPS) is 19.2. The summed E-state index contributed by atoms with van der Waals surface area (Å²) in [4.78, 5) is 10.9. The molecular formula is C17H17ClN2O3. The minimum Gasteiger partial charge on any atom is -0.457 e. The second kappa shape index (κ2) is 6.48. The second-order valence-corrected chi connectivity index (χ2v) is 6.09. The summed E-state index contributed by atoms with van der Waals surface area (Å²) in [7, 11) is 0. The summed E-state index contributed by atoms with van der Waals surface area (Å²) >= 11 is 5.86. The number of amides is 2. The fraction of sp³-hybridized carbons (Fsp3) is 0.235. The van der Waals surface area contributed by atoms with Gasteiger partial charge in [0, 0.05) is 5.02 Å². The molecular weight excluding hydrogens is 316 g/mol. The number of hydrogen-bond donors (Lipinski definition) is 2. The maximum atomic E-state index is 10.9. The van der Waals surface area contributed by atoms with Crippen molar-refractivity contribution in [2.75, 3.05) is 6.54 Å². The minimum absolute atomic E-state index is 0.221. The molecule has 6 heteroatoms. The van der Waals surface area contributed by atoms with Gasteiger partial charge in [-0.15, -0.1) is 0 Å². The van der Waals surface area contributed by atoms with Crippen molar-refractivity contribution in [2.45, 2.75) is 12.3 Å². The van der Waals surface area contributed by atoms with Gasteiger partial charge in [0.2, 0.25) is 0 Å². The van der Waals surface area contributed by atoms with Gasteiger partial charge < -0.3 is 10.5 Å². The van der Waals surface area contributed by atoms with E-state index in [-0.39, 0.29) is 12.5 Å². The molecule has 1 aliphatic carbocycles. The molecule has 1 fully saturated rings. The van der Waals surface area contributed by atoms with Crippen LogP contribution >= 0.6 is 11.6 Å². The summed E-state index contributed by atoms with van der Waals surface area (Å²) in [6, 6.07) is 14.2. The topological polar surface area (TPSA) is 75.8 Å². The highest BCUT2D eigenvalue weighted by molar-refractivity contribution is 6.30. The van der Waals surface area contributed by atoms with Gasteiger partial charge >= 0.3 is 6.03 Å². The Labute approximate surface area is 139 Å². The molecule has 3 N–H and O–H groups in total. The number of benzene rings is 2. The summed E-state index contributed by atoms with van der Waals surface area (Å²) in [6.07, 6.45) is 0.911. The van der Waals surface area contributed by atoms with Gasteiger partial charge in [-0.3, -0.25) is 5.21 Å². The van der Waals surface area contributed by atoms with E-state index < -0.39 is 6.03 Å². The van der Waals surface area contributed by atoms with Crippen molar-refractivity contribution in [1.82, 2.24) is 5.06 Å². The molecule has 120 valence electrons. The first-order valence-electron chi connectivity index (χ1n) is 7.32. The lowest BCUT2D eigenvalue weighted by molar-refractivity contribution is -0.0431. The largest absolute Gasteiger partial charge is 0.457 e. The quantitative estimate of drug-likeness (QED) is 0.641. The number of halogens is 1. The van der Waals surface area contributed by atoms with Crippen molar-refractivity contribution in [1.29, 1.82) is 0 Å². The number of nitrogens with two attached hydrogens (primary N) is 1. The van der Waals surface area contributed by atoms with Gasteiger partial charge in [-0.05, 0) is 60.2 Å². The lowest BCUT2D eigenvalue weighted by atomic mass is 10.1. The molecule has 0 radical (unpaired) electrons. The molecule has 0 bridgehead atoms. The van der Waals surface area contributed by atoms with E-state index >= 15 is 0 Å². The molecule has 0 heterocycles. The Bertz CT molecular complexity index is 705. The van der Waals surface area contributed by atoms with Crippen molar-refractivity contribution in [2.24, 2.45) is 11.7 Å². The number of urea groups is 1. The van der Waals surface area contributed by atoms with E-state index in [1.807, 2.05) is 36.4 Å². The Balaban J connectivity index is 1.64. The van der Waals surface area contributed by atoms with Crippen LogP contribution in [0.2, 0.25) is 5.02 Å². The highest BCUT2D eigenvalue weighted by atomic mass is 35.5. The van der Waals surface area contributed by atoms with Gasteiger partial charge in [0.05, 0.1) is 6.54 Å². The zero-order valence-electron chi connectivity index (χ0n) is 12.4. The van der Waals surface area contributed by atoms with E-state index in [9.17, 15) is 10.0 Å². The third-order valence-corrected chi connectivity index (χ3v) is 4.17. The Hall–Kier alpha value is -2.24. The van der Waals surface area contributed by atoms with Crippen LogP contribution in [-0.2, 0) is 0 Å². The Kier molecular flexibility index (Phi) is 4.41. The molecule has 2 aromatic rings. The van der Waals surface area contributed by atoms with Crippen LogP contribution in [0.4, 0.5) is 4.79 Å². The zero-order valence-corrected chi connectivity index (χ0v) is 13.1. The van der Waals surface area contributed by atoms with Gasteiger partial charge in [0.15, 0.2) is 0 Å². The third-order valence-electron chi connectivity index (χ3n) is 3.92. The number of nitrogens with zero attached hydrogens (tertiary/aromatic N) is 1. The van der Waals surface area contributed by atoms with Crippen molar-refractivity contribution in [3.05, 3.63) is 59.1 Å². The standard InChI is InChI=1S/C17H17ClN2O3/c18-13-4-6-14(7-5-13)23-15-3-1-2-11(8-15)16-9-12(16)10-20(22)17(19)21/h1-8,12,16,22H,9-10H2,(H2,19,21)/t12-,16-/m0/s1. The number of rotatable bonds is 5. The molecule has 2 amide bonds. The number of primary amides is 1. The summed E-state index contributed by atoms with van der Waals surface area (Å²) in [5.74, 6) is 1.98. The first-order valence-corrected chi connectivity index (χ1v) is 7.70. The van der Waals surface area contributed by atoms with Crippen LogP contribution in [0.1, 0.15) is 17.9 Å². The number of hydroxylamine groups is 2. The SMILES string of the molecule is NC(=O)N(O)C[C@@H]1C[C@H]1c1cccc(Oc2ccc(Cl)cc2)c1. The monoisotopic (exact) mass is 332 g/mol. The number of carbonyl (C=O) groups excluding carboxylic acids is 1. The molecule has 1 aliphatic rings. The average Bonchev–Trinajstić information content (AvgIpc) is 3.29. The second-order valence-electron chi connectivity index (χ2n) is 5.65. The average molecular weight is 333 g/mol. The molecule has 0 aliphatic heterocycles. The fourth-order valence-electron chi connectivity index (χ4n) is 2.62. The summed E-state index contributed by atoms with van der Waals surface area (Å²) < 4.78 is 5.81. The summed E-state index contributed by atoms with van der Waals surface area (Å²) in [5.41, 5.74) is 6.15. The number of hydrogen-bond acceptors (Lipinski definition) is 3. The highest BCUT2D eigenvalue weighted by Crippen LogP contribution is 2.48. The van der Waals surface area contributed by atoms with E-state index in [2.05, 4.69) is 0 Å². The molecule has 2 atom stereocenters. The van der Waals surface area contributed by atoms with Crippen molar-refractivity contribution in [3.63, 3.8) is 0 Å². The van der Waals surface area contributed by atoms with E-state index in [4.69, 9.17) is 22.1 Å². The number of carbonyl (C=O) groups is 1. The predicted molar refractivity (Wildman–Crippen MR) is 86.9 cm³/mol. The lowest BCUT2D eigenvalue weighted by Crippen LogP contribution is -2.34. The molecule has 1 saturated carbocycles. The molecule has 23 heavy (non-hydrogen) atoms. The maximum Gasteiger partial charge on any atom is 0.338 e. The van der Waals surface area contributed by atoms with E-state index in [1.165, 1.54) is 0 Å². The Morgan fingerprint density at radius 2 is 2.00 bits per heavy atom. The van der Waals surface area contributed by atoms with Crippen LogP contribution in [0.5, 0.6) is 11.5 Å². The van der Waals surface area contributed by atoms with Gasteiger partial charge in [0.1, 0.15) is 11.5 Å². The smallest absolute Gasteiger partial charge is 0.338 e. The van der Waals surface area contributed by atoms with Crippen LogP contribution in [0.25, 0.3) is 0 Å². The van der Waals surface area contributed by atoms with Gasteiger partial charge in [-0.25, -0.2) is 9.86 Å². The molecule has 5 nitrogen and oxygen atoms in total. The lowest BCUT2D eigenvalue weighted by Gasteiger charge is -2.11. The maximum absolute atomic E-state index is 10.9. The Morgan fingerprint density at radius 3 is 2.70 bits per heavy atom. The third kappa shape index (κ3) is 3.94. The predicted octanol–water partition coefficient (Wildman–Crippen LogP) is 4.01. The molecule has 2 aromatic carbocycles. The van der Waals surface area contributed by atoms with Crippen LogP contribution < -0.4 is 10.5 Å². The van der Waals surface area contributed by atoms with Gasteiger partial charge in [0.25, 0.3) is 0 Å². The van der Waals surface area contributed by atoms with Crippen molar-refractivity contribution in [3.8, 4) is 11.5 Å².